The number of benzene rings is 1. The van der Waals surface area contributed by atoms with Crippen LogP contribution in [0.2, 0.25) is 0 Å². The Balaban J connectivity index is 2.16. The fourth-order valence-electron chi connectivity index (χ4n) is 2.43. The SMILES string of the molecule is COCCOCCOCCOc1ccc(CNC[C@H](O)[C@@H](O)[C@H](O)[C@H](O)CO)cc1. The molecule has 1 rings (SSSR count). The zero-order valence-corrected chi connectivity index (χ0v) is 17.4. The second-order valence-corrected chi connectivity index (χ2v) is 6.64. The van der Waals surface area contributed by atoms with Crippen molar-refractivity contribution in [3.05, 3.63) is 29.8 Å². The minimum absolute atomic E-state index is 0.00114. The first-order valence-electron chi connectivity index (χ1n) is 9.89. The molecule has 1 aromatic rings. The summed E-state index contributed by atoms with van der Waals surface area (Å²) in [5.74, 6) is 0.704. The monoisotopic (exact) mass is 433 g/mol. The third-order valence-electron chi connectivity index (χ3n) is 4.23. The Labute approximate surface area is 177 Å². The minimum Gasteiger partial charge on any atom is -0.491 e. The van der Waals surface area contributed by atoms with E-state index in [1.165, 1.54) is 0 Å². The Bertz CT molecular complexity index is 532. The van der Waals surface area contributed by atoms with Crippen LogP contribution in [0.1, 0.15) is 5.56 Å². The van der Waals surface area contributed by atoms with Gasteiger partial charge in [-0.15, -0.1) is 0 Å². The van der Waals surface area contributed by atoms with Crippen molar-refractivity contribution in [2.45, 2.75) is 31.0 Å². The molecule has 4 atom stereocenters. The Morgan fingerprint density at radius 3 is 1.97 bits per heavy atom. The molecule has 0 saturated carbocycles. The molecule has 1 aromatic carbocycles. The van der Waals surface area contributed by atoms with Crippen LogP contribution >= 0.6 is 0 Å². The number of hydrogen-bond acceptors (Lipinski definition) is 10. The fourth-order valence-corrected chi connectivity index (χ4v) is 2.43. The molecule has 0 aliphatic carbocycles. The molecular weight excluding hydrogens is 398 g/mol. The molecule has 0 spiro atoms. The Kier molecular flexibility index (Phi) is 14.6. The van der Waals surface area contributed by atoms with Crippen LogP contribution in [0.5, 0.6) is 5.75 Å². The Morgan fingerprint density at radius 2 is 1.37 bits per heavy atom. The average Bonchev–Trinajstić information content (AvgIpc) is 2.77. The van der Waals surface area contributed by atoms with Gasteiger partial charge in [0.15, 0.2) is 0 Å². The summed E-state index contributed by atoms with van der Waals surface area (Å²) in [7, 11) is 1.62. The van der Waals surface area contributed by atoms with Gasteiger partial charge in [0.1, 0.15) is 30.7 Å². The summed E-state index contributed by atoms with van der Waals surface area (Å²) in [6.07, 6.45) is -6.01. The maximum Gasteiger partial charge on any atom is 0.119 e. The largest absolute Gasteiger partial charge is 0.491 e. The van der Waals surface area contributed by atoms with Gasteiger partial charge in [-0.2, -0.15) is 0 Å². The third kappa shape index (κ3) is 11.2. The molecule has 6 N–H and O–H groups in total. The van der Waals surface area contributed by atoms with Gasteiger partial charge in [-0.25, -0.2) is 0 Å². The van der Waals surface area contributed by atoms with Crippen LogP contribution in [0.25, 0.3) is 0 Å². The first-order chi connectivity index (χ1) is 14.5. The van der Waals surface area contributed by atoms with Gasteiger partial charge >= 0.3 is 0 Å². The summed E-state index contributed by atoms with van der Waals surface area (Å²) in [6, 6.07) is 7.36. The molecule has 10 heteroatoms. The van der Waals surface area contributed by atoms with Gasteiger partial charge in [-0.3, -0.25) is 0 Å². The van der Waals surface area contributed by atoms with E-state index in [2.05, 4.69) is 5.32 Å². The number of ether oxygens (including phenoxy) is 4. The lowest BCUT2D eigenvalue weighted by atomic mass is 10.0. The van der Waals surface area contributed by atoms with E-state index >= 15 is 0 Å². The second-order valence-electron chi connectivity index (χ2n) is 6.64. The molecule has 30 heavy (non-hydrogen) atoms. The van der Waals surface area contributed by atoms with E-state index in [0.717, 1.165) is 5.56 Å². The van der Waals surface area contributed by atoms with E-state index in [9.17, 15) is 20.4 Å². The molecule has 0 saturated heterocycles. The maximum atomic E-state index is 9.86. The zero-order chi connectivity index (χ0) is 22.2. The topological polar surface area (TPSA) is 150 Å². The molecule has 0 aromatic heterocycles. The van der Waals surface area contributed by atoms with Gasteiger partial charge in [-0.05, 0) is 17.7 Å². The number of rotatable bonds is 18. The molecule has 0 unspecified atom stereocenters. The average molecular weight is 433 g/mol. The fraction of sp³-hybridized carbons (Fsp3) is 0.700. The van der Waals surface area contributed by atoms with Gasteiger partial charge in [0.2, 0.25) is 0 Å². The lowest BCUT2D eigenvalue weighted by Crippen LogP contribution is -2.48. The molecule has 0 bridgehead atoms. The highest BCUT2D eigenvalue weighted by atomic mass is 16.6. The molecule has 174 valence electrons. The first kappa shape index (κ1) is 26.7. The molecule has 0 aliphatic heterocycles. The van der Waals surface area contributed by atoms with Crippen molar-refractivity contribution in [3.63, 3.8) is 0 Å². The van der Waals surface area contributed by atoms with Crippen LogP contribution in [-0.4, -0.2) is 110 Å². The molecule has 10 nitrogen and oxygen atoms in total. The van der Waals surface area contributed by atoms with Gasteiger partial charge in [0.25, 0.3) is 0 Å². The van der Waals surface area contributed by atoms with Crippen LogP contribution in [0, 0.1) is 0 Å². The van der Waals surface area contributed by atoms with E-state index in [0.29, 0.717) is 51.9 Å². The summed E-state index contributed by atoms with van der Waals surface area (Å²) in [6.45, 7) is 2.71. The van der Waals surface area contributed by atoms with Gasteiger partial charge < -0.3 is 49.8 Å². The number of aliphatic hydroxyl groups excluding tert-OH is 5. The van der Waals surface area contributed by atoms with Crippen molar-refractivity contribution in [1.82, 2.24) is 5.32 Å². The lowest BCUT2D eigenvalue weighted by Gasteiger charge is -2.25. The lowest BCUT2D eigenvalue weighted by molar-refractivity contribution is -0.114. The van der Waals surface area contributed by atoms with Gasteiger partial charge in [0, 0.05) is 20.2 Å². The third-order valence-corrected chi connectivity index (χ3v) is 4.23. The minimum atomic E-state index is -1.63. The summed E-state index contributed by atoms with van der Waals surface area (Å²) in [5, 5.41) is 50.2. The zero-order valence-electron chi connectivity index (χ0n) is 17.4. The summed E-state index contributed by atoms with van der Waals surface area (Å²) in [5.41, 5.74) is 0.935. The maximum absolute atomic E-state index is 9.86. The Hall–Kier alpha value is -1.34. The van der Waals surface area contributed by atoms with E-state index < -0.39 is 31.0 Å². The molecule has 0 heterocycles. The van der Waals surface area contributed by atoms with E-state index in [1.54, 1.807) is 7.11 Å². The van der Waals surface area contributed by atoms with Crippen molar-refractivity contribution >= 4 is 0 Å². The second kappa shape index (κ2) is 16.4. The summed E-state index contributed by atoms with van der Waals surface area (Å²) < 4.78 is 21.1. The number of methoxy groups -OCH3 is 1. The summed E-state index contributed by atoms with van der Waals surface area (Å²) >= 11 is 0. The van der Waals surface area contributed by atoms with Crippen LogP contribution in [0.3, 0.4) is 0 Å². The van der Waals surface area contributed by atoms with Crippen molar-refractivity contribution in [1.29, 1.82) is 0 Å². The molecular formula is C20H35NO9. The highest BCUT2D eigenvalue weighted by Crippen LogP contribution is 2.12. The van der Waals surface area contributed by atoms with Crippen LogP contribution in [0.4, 0.5) is 0 Å². The van der Waals surface area contributed by atoms with Crippen LogP contribution in [-0.2, 0) is 20.8 Å². The Morgan fingerprint density at radius 1 is 0.800 bits per heavy atom. The van der Waals surface area contributed by atoms with Crippen LogP contribution in [0.15, 0.2) is 24.3 Å². The van der Waals surface area contributed by atoms with Gasteiger partial charge in [-0.1, -0.05) is 12.1 Å². The predicted molar refractivity (Wildman–Crippen MR) is 108 cm³/mol. The highest BCUT2D eigenvalue weighted by Gasteiger charge is 2.29. The van der Waals surface area contributed by atoms with E-state index in [4.69, 9.17) is 24.1 Å². The number of hydrogen-bond donors (Lipinski definition) is 6. The van der Waals surface area contributed by atoms with E-state index in [-0.39, 0.29) is 6.54 Å². The number of nitrogens with one attached hydrogen (secondary N) is 1. The van der Waals surface area contributed by atoms with Crippen molar-refractivity contribution < 1.29 is 44.5 Å². The number of aliphatic hydroxyl groups is 5. The smallest absolute Gasteiger partial charge is 0.119 e. The van der Waals surface area contributed by atoms with E-state index in [1.807, 2.05) is 24.3 Å². The predicted octanol–water partition coefficient (Wildman–Crippen LogP) is -1.73. The first-order valence-corrected chi connectivity index (χ1v) is 9.89. The quantitative estimate of drug-likeness (QED) is 0.147. The highest BCUT2D eigenvalue weighted by molar-refractivity contribution is 5.27. The molecule has 0 amide bonds. The molecule has 0 aliphatic rings. The van der Waals surface area contributed by atoms with Gasteiger partial charge in [0.05, 0.1) is 45.7 Å². The standard InChI is InChI=1S/C20H35NO9/c1-27-6-7-28-8-9-29-10-11-30-16-4-2-15(3-5-16)12-21-13-17(23)19(25)20(26)18(24)14-22/h2-5,17-26H,6-14H2,1H3/t17-,18+,19+,20+/m0/s1. The van der Waals surface area contributed by atoms with Crippen molar-refractivity contribution in [2.24, 2.45) is 0 Å². The van der Waals surface area contributed by atoms with Crippen LogP contribution < -0.4 is 10.1 Å². The molecule has 0 radical (unpaired) electrons. The normalized spacial score (nSPS) is 15.5. The van der Waals surface area contributed by atoms with Crippen molar-refractivity contribution in [2.75, 3.05) is 59.9 Å². The summed E-state index contributed by atoms with van der Waals surface area (Å²) in [4.78, 5) is 0. The molecule has 0 fully saturated rings. The van der Waals surface area contributed by atoms with Crippen molar-refractivity contribution in [3.8, 4) is 5.75 Å².